The van der Waals surface area contributed by atoms with E-state index in [2.05, 4.69) is 10.3 Å². The number of rotatable bonds is 5. The van der Waals surface area contributed by atoms with Crippen LogP contribution >= 0.6 is 0 Å². The molecule has 0 bridgehead atoms. The topological polar surface area (TPSA) is 91.7 Å². The lowest BCUT2D eigenvalue weighted by atomic mass is 10.1. The zero-order valence-corrected chi connectivity index (χ0v) is 11.3. The number of ether oxygens (including phenoxy) is 1. The van der Waals surface area contributed by atoms with Crippen molar-refractivity contribution in [3.05, 3.63) is 30.0 Å². The van der Waals surface area contributed by atoms with Gasteiger partial charge in [-0.05, 0) is 25.1 Å². The Morgan fingerprint density at radius 2 is 2.25 bits per heavy atom. The molecule has 0 saturated carbocycles. The van der Waals surface area contributed by atoms with E-state index in [1.165, 1.54) is 6.20 Å². The van der Waals surface area contributed by atoms with E-state index in [0.717, 1.165) is 0 Å². The Morgan fingerprint density at radius 3 is 2.85 bits per heavy atom. The Hall–Kier alpha value is -2.34. The number of nitrogens with one attached hydrogen (secondary N) is 1. The molecule has 1 aromatic heterocycles. The van der Waals surface area contributed by atoms with Crippen molar-refractivity contribution in [2.75, 3.05) is 19.0 Å². The molecule has 3 N–H and O–H groups in total. The van der Waals surface area contributed by atoms with Gasteiger partial charge < -0.3 is 20.3 Å². The summed E-state index contributed by atoms with van der Waals surface area (Å²) in [6.07, 6.45) is 0.715. The van der Waals surface area contributed by atoms with E-state index in [-0.39, 0.29) is 12.1 Å². The van der Waals surface area contributed by atoms with Crippen LogP contribution in [-0.4, -0.2) is 40.9 Å². The highest BCUT2D eigenvalue weighted by atomic mass is 16.5. The second-order valence-corrected chi connectivity index (χ2v) is 4.47. The maximum atomic E-state index is 11.3. The van der Waals surface area contributed by atoms with Gasteiger partial charge in [0.1, 0.15) is 11.3 Å². The number of carboxylic acids is 1. The number of hydrogen-bond donors (Lipinski definition) is 3. The molecule has 20 heavy (non-hydrogen) atoms. The maximum Gasteiger partial charge on any atom is 0.339 e. The highest BCUT2D eigenvalue weighted by molar-refractivity contribution is 6.04. The monoisotopic (exact) mass is 276 g/mol. The number of benzene rings is 1. The van der Waals surface area contributed by atoms with Gasteiger partial charge in [-0.1, -0.05) is 0 Å². The molecule has 0 fully saturated rings. The van der Waals surface area contributed by atoms with Gasteiger partial charge in [0.25, 0.3) is 0 Å². The van der Waals surface area contributed by atoms with E-state index in [0.29, 0.717) is 22.3 Å². The molecule has 6 nitrogen and oxygen atoms in total. The SMILES string of the molecule is COc1ccc2ncc(C(=O)O)c(NC[C@H](C)O)c2c1. The third-order valence-electron chi connectivity index (χ3n) is 2.88. The van der Waals surface area contributed by atoms with Crippen LogP contribution in [0.1, 0.15) is 17.3 Å². The predicted molar refractivity (Wildman–Crippen MR) is 75.4 cm³/mol. The van der Waals surface area contributed by atoms with Gasteiger partial charge in [-0.25, -0.2) is 4.79 Å². The second kappa shape index (κ2) is 5.75. The largest absolute Gasteiger partial charge is 0.497 e. The summed E-state index contributed by atoms with van der Waals surface area (Å²) in [5.41, 5.74) is 1.15. The molecule has 0 aliphatic rings. The molecule has 0 amide bonds. The van der Waals surface area contributed by atoms with Crippen molar-refractivity contribution in [3.63, 3.8) is 0 Å². The molecule has 106 valence electrons. The molecule has 0 aliphatic heterocycles. The molecule has 1 heterocycles. The first-order valence-corrected chi connectivity index (χ1v) is 6.15. The van der Waals surface area contributed by atoms with Gasteiger partial charge in [-0.3, -0.25) is 4.98 Å². The summed E-state index contributed by atoms with van der Waals surface area (Å²) in [6.45, 7) is 1.87. The minimum atomic E-state index is -1.07. The Balaban J connectivity index is 2.61. The number of fused-ring (bicyclic) bond motifs is 1. The number of aromatic carboxylic acids is 1. The summed E-state index contributed by atoms with van der Waals surface area (Å²) >= 11 is 0. The lowest BCUT2D eigenvalue weighted by Crippen LogP contribution is -2.17. The van der Waals surface area contributed by atoms with Gasteiger partial charge in [0, 0.05) is 18.1 Å². The highest BCUT2D eigenvalue weighted by Crippen LogP contribution is 2.29. The number of nitrogens with zero attached hydrogens (tertiary/aromatic N) is 1. The van der Waals surface area contributed by atoms with Crippen molar-refractivity contribution >= 4 is 22.6 Å². The summed E-state index contributed by atoms with van der Waals surface area (Å²) in [5, 5.41) is 22.2. The molecule has 6 heteroatoms. The van der Waals surface area contributed by atoms with E-state index in [1.807, 2.05) is 0 Å². The third-order valence-corrected chi connectivity index (χ3v) is 2.88. The second-order valence-electron chi connectivity index (χ2n) is 4.47. The quantitative estimate of drug-likeness (QED) is 0.770. The fourth-order valence-corrected chi connectivity index (χ4v) is 1.90. The van der Waals surface area contributed by atoms with Crippen molar-refractivity contribution in [1.82, 2.24) is 4.98 Å². The van der Waals surface area contributed by atoms with Gasteiger partial charge in [-0.2, -0.15) is 0 Å². The first kappa shape index (κ1) is 14.1. The average Bonchev–Trinajstić information content (AvgIpc) is 2.43. The van der Waals surface area contributed by atoms with Crippen molar-refractivity contribution < 1.29 is 19.7 Å². The fourth-order valence-electron chi connectivity index (χ4n) is 1.90. The number of aliphatic hydroxyl groups is 1. The van der Waals surface area contributed by atoms with Crippen LogP contribution in [0.4, 0.5) is 5.69 Å². The van der Waals surface area contributed by atoms with Crippen LogP contribution in [0.5, 0.6) is 5.75 Å². The van der Waals surface area contributed by atoms with Gasteiger partial charge in [0.2, 0.25) is 0 Å². The number of methoxy groups -OCH3 is 1. The molecule has 2 rings (SSSR count). The number of hydrogen-bond acceptors (Lipinski definition) is 5. The summed E-state index contributed by atoms with van der Waals surface area (Å²) in [5.74, 6) is -0.461. The average molecular weight is 276 g/mol. The van der Waals surface area contributed by atoms with Crippen LogP contribution in [-0.2, 0) is 0 Å². The first-order chi connectivity index (χ1) is 9.52. The van der Waals surface area contributed by atoms with Gasteiger partial charge in [-0.15, -0.1) is 0 Å². The van der Waals surface area contributed by atoms with Crippen molar-refractivity contribution in [3.8, 4) is 5.75 Å². The maximum absolute atomic E-state index is 11.3. The molecule has 0 unspecified atom stereocenters. The molecule has 2 aromatic rings. The Bertz CT molecular complexity index is 640. The molecule has 1 aromatic carbocycles. The van der Waals surface area contributed by atoms with E-state index in [1.54, 1.807) is 32.2 Å². The minimum Gasteiger partial charge on any atom is -0.497 e. The summed E-state index contributed by atoms with van der Waals surface area (Å²) < 4.78 is 5.15. The number of anilines is 1. The van der Waals surface area contributed by atoms with E-state index < -0.39 is 12.1 Å². The van der Waals surface area contributed by atoms with Crippen molar-refractivity contribution in [1.29, 1.82) is 0 Å². The zero-order chi connectivity index (χ0) is 14.7. The number of aliphatic hydroxyl groups excluding tert-OH is 1. The Morgan fingerprint density at radius 1 is 1.50 bits per heavy atom. The summed E-state index contributed by atoms with van der Waals surface area (Å²) in [4.78, 5) is 15.4. The third kappa shape index (κ3) is 2.80. The van der Waals surface area contributed by atoms with Crippen LogP contribution in [0, 0.1) is 0 Å². The van der Waals surface area contributed by atoms with Crippen LogP contribution in [0.2, 0.25) is 0 Å². The number of aromatic nitrogens is 1. The van der Waals surface area contributed by atoms with Crippen LogP contribution in [0.15, 0.2) is 24.4 Å². The normalized spacial score (nSPS) is 12.2. The number of pyridine rings is 1. The molecule has 0 aliphatic carbocycles. The Labute approximate surface area is 116 Å². The minimum absolute atomic E-state index is 0.0615. The van der Waals surface area contributed by atoms with E-state index in [9.17, 15) is 15.0 Å². The molecule has 0 spiro atoms. The molecular formula is C14H16N2O4. The Kier molecular flexibility index (Phi) is 4.05. The number of carboxylic acid groups (broad SMARTS) is 1. The van der Waals surface area contributed by atoms with Crippen LogP contribution in [0.25, 0.3) is 10.9 Å². The smallest absolute Gasteiger partial charge is 0.339 e. The van der Waals surface area contributed by atoms with E-state index in [4.69, 9.17) is 4.74 Å². The highest BCUT2D eigenvalue weighted by Gasteiger charge is 2.15. The molecule has 0 radical (unpaired) electrons. The zero-order valence-electron chi connectivity index (χ0n) is 11.3. The fraction of sp³-hybridized carbons (Fsp3) is 0.286. The molecule has 1 atom stereocenters. The predicted octanol–water partition coefficient (Wildman–Crippen LogP) is 1.73. The van der Waals surface area contributed by atoms with E-state index >= 15 is 0 Å². The van der Waals surface area contributed by atoms with Crippen LogP contribution in [0.3, 0.4) is 0 Å². The van der Waals surface area contributed by atoms with Crippen molar-refractivity contribution in [2.24, 2.45) is 0 Å². The van der Waals surface area contributed by atoms with Crippen molar-refractivity contribution in [2.45, 2.75) is 13.0 Å². The molecule has 0 saturated heterocycles. The van der Waals surface area contributed by atoms with Crippen LogP contribution < -0.4 is 10.1 Å². The van der Waals surface area contributed by atoms with Gasteiger partial charge >= 0.3 is 5.97 Å². The number of carbonyl (C=O) groups is 1. The molecular weight excluding hydrogens is 260 g/mol. The first-order valence-electron chi connectivity index (χ1n) is 6.15. The lowest BCUT2D eigenvalue weighted by molar-refractivity contribution is 0.0697. The summed E-state index contributed by atoms with van der Waals surface area (Å²) in [6, 6.07) is 5.24. The van der Waals surface area contributed by atoms with Gasteiger partial charge in [0.05, 0.1) is 24.4 Å². The van der Waals surface area contributed by atoms with Gasteiger partial charge in [0.15, 0.2) is 0 Å². The standard InChI is InChI=1S/C14H16N2O4/c1-8(17)6-16-13-10-5-9(20-2)3-4-12(10)15-7-11(13)14(18)19/h3-5,7-8,17H,6H2,1-2H3,(H,15,16)(H,18,19)/t8-/m0/s1. The lowest BCUT2D eigenvalue weighted by Gasteiger charge is -2.14. The summed E-state index contributed by atoms with van der Waals surface area (Å²) in [7, 11) is 1.54.